The van der Waals surface area contributed by atoms with E-state index in [-0.39, 0.29) is 55.6 Å². The highest BCUT2D eigenvalue weighted by atomic mass is 31.2. The summed E-state index contributed by atoms with van der Waals surface area (Å²) in [6, 6.07) is 12.8. The van der Waals surface area contributed by atoms with Gasteiger partial charge in [0, 0.05) is 32.5 Å². The van der Waals surface area contributed by atoms with Crippen LogP contribution in [0.4, 0.5) is 0 Å². The van der Waals surface area contributed by atoms with Gasteiger partial charge in [0.2, 0.25) is 14.3 Å². The van der Waals surface area contributed by atoms with E-state index in [4.69, 9.17) is 18.5 Å². The average Bonchev–Trinajstić information content (AvgIpc) is 2.86. The monoisotopic (exact) mass is 533 g/mol. The average molecular weight is 533 g/mol. The molecule has 0 bridgehead atoms. The van der Waals surface area contributed by atoms with Crippen molar-refractivity contribution in [2.75, 3.05) is 25.9 Å². The van der Waals surface area contributed by atoms with Gasteiger partial charge >= 0.3 is 17.9 Å². The van der Waals surface area contributed by atoms with Gasteiger partial charge in [0.15, 0.2) is 18.1 Å². The molecule has 0 spiro atoms. The highest BCUT2D eigenvalue weighted by Gasteiger charge is 2.22. The lowest BCUT2D eigenvalue weighted by molar-refractivity contribution is -0.145. The molecule has 0 aliphatic carbocycles. The van der Waals surface area contributed by atoms with Gasteiger partial charge in [0.05, 0.1) is 12.2 Å². The molecule has 2 aromatic carbocycles. The number of nitrogens with one attached hydrogen (secondary N) is 1. The lowest BCUT2D eigenvalue weighted by Crippen LogP contribution is -2.27. The van der Waals surface area contributed by atoms with Gasteiger partial charge in [-0.05, 0) is 31.2 Å². The van der Waals surface area contributed by atoms with Crippen LogP contribution >= 0.6 is 8.38 Å². The van der Waals surface area contributed by atoms with Crippen LogP contribution in [0.3, 0.4) is 0 Å². The first-order valence-electron chi connectivity index (χ1n) is 11.3. The van der Waals surface area contributed by atoms with E-state index in [0.29, 0.717) is 5.75 Å². The quantitative estimate of drug-likeness (QED) is 0.151. The maximum absolute atomic E-state index is 12.7. The second-order valence-corrected chi connectivity index (χ2v) is 8.95. The van der Waals surface area contributed by atoms with Gasteiger partial charge in [-0.25, -0.2) is 9.59 Å². The summed E-state index contributed by atoms with van der Waals surface area (Å²) in [4.78, 5) is 59.5. The highest BCUT2D eigenvalue weighted by Crippen LogP contribution is 2.38. The second-order valence-electron chi connectivity index (χ2n) is 7.39. The molecule has 1 atom stereocenters. The number of amides is 1. The molecular formula is C25H28NO10P. The maximum Gasteiger partial charge on any atom is 0.339 e. The number of aromatic carboxylic acids is 1. The number of carboxylic acid groups (broad SMARTS) is 1. The molecule has 0 radical (unpaired) electrons. The third kappa shape index (κ3) is 10.4. The molecule has 0 fully saturated rings. The standard InChI is InChI=1S/C25H28NO10P/c1-3-33-23(30)16-34-37(36-18-8-5-4-6-9-18)15-14-26-22(29)13-12-21(28)19-10-7-11-20(25(31)32)24(19)35-17(2)27/h4-11H,3,12-16H2,1-2H3,(H,26,29)(H,31,32). The predicted octanol–water partition coefficient (Wildman–Crippen LogP) is 3.36. The smallest absolute Gasteiger partial charge is 0.339 e. The number of ether oxygens (including phenoxy) is 2. The number of carbonyl (C=O) groups is 5. The fourth-order valence-corrected chi connectivity index (χ4v) is 4.15. The fourth-order valence-electron chi connectivity index (χ4n) is 2.98. The van der Waals surface area contributed by atoms with Crippen molar-refractivity contribution >= 4 is 38.0 Å². The number of carboxylic acids is 1. The number of rotatable bonds is 15. The Hall–Kier alpha value is -3.82. The number of Topliss-reactive ketones (excluding diaryl/α,β-unsaturated/α-hetero) is 1. The Balaban J connectivity index is 1.91. The van der Waals surface area contributed by atoms with Crippen molar-refractivity contribution in [3.05, 3.63) is 59.7 Å². The summed E-state index contributed by atoms with van der Waals surface area (Å²) in [7, 11) is -1.58. The van der Waals surface area contributed by atoms with Crippen LogP contribution in [0.25, 0.3) is 0 Å². The Morgan fingerprint density at radius 1 is 0.946 bits per heavy atom. The van der Waals surface area contributed by atoms with Crippen molar-refractivity contribution in [2.24, 2.45) is 0 Å². The molecule has 0 aromatic heterocycles. The highest BCUT2D eigenvalue weighted by molar-refractivity contribution is 7.47. The molecule has 0 saturated heterocycles. The van der Waals surface area contributed by atoms with Crippen LogP contribution in [-0.2, 0) is 23.6 Å². The Morgan fingerprint density at radius 2 is 1.65 bits per heavy atom. The Kier molecular flexibility index (Phi) is 12.2. The molecule has 0 saturated carbocycles. The van der Waals surface area contributed by atoms with Gasteiger partial charge in [0.1, 0.15) is 11.3 Å². The number of para-hydroxylation sites is 2. The molecule has 0 aliphatic heterocycles. The van der Waals surface area contributed by atoms with Gasteiger partial charge in [0.25, 0.3) is 0 Å². The zero-order valence-electron chi connectivity index (χ0n) is 20.4. The van der Waals surface area contributed by atoms with Gasteiger partial charge in [-0.3, -0.25) is 14.4 Å². The van der Waals surface area contributed by atoms with E-state index < -0.39 is 38.0 Å². The van der Waals surface area contributed by atoms with Crippen LogP contribution in [0.2, 0.25) is 0 Å². The summed E-state index contributed by atoms with van der Waals surface area (Å²) in [5.41, 5.74) is -0.435. The summed E-state index contributed by atoms with van der Waals surface area (Å²) < 4.78 is 21.2. The lowest BCUT2D eigenvalue weighted by Gasteiger charge is -2.18. The third-order valence-electron chi connectivity index (χ3n) is 4.57. The summed E-state index contributed by atoms with van der Waals surface area (Å²) >= 11 is 0. The molecule has 12 heteroatoms. The topological polar surface area (TPSA) is 155 Å². The number of benzene rings is 2. The van der Waals surface area contributed by atoms with Crippen LogP contribution in [0.5, 0.6) is 11.5 Å². The van der Waals surface area contributed by atoms with Crippen LogP contribution in [-0.4, -0.2) is 60.6 Å². The van der Waals surface area contributed by atoms with Crippen LogP contribution < -0.4 is 14.6 Å². The van der Waals surface area contributed by atoms with Crippen molar-refractivity contribution in [3.8, 4) is 11.5 Å². The zero-order chi connectivity index (χ0) is 27.2. The molecule has 11 nitrogen and oxygen atoms in total. The number of hydrogen-bond donors (Lipinski definition) is 2. The van der Waals surface area contributed by atoms with Crippen LogP contribution in [0.1, 0.15) is 47.4 Å². The van der Waals surface area contributed by atoms with E-state index in [2.05, 4.69) is 5.32 Å². The number of ketones is 1. The lowest BCUT2D eigenvalue weighted by atomic mass is 10.0. The largest absolute Gasteiger partial charge is 0.478 e. The minimum absolute atomic E-state index is 0.102. The molecule has 2 rings (SSSR count). The minimum Gasteiger partial charge on any atom is -0.478 e. The first-order valence-corrected chi connectivity index (χ1v) is 12.7. The van der Waals surface area contributed by atoms with E-state index in [1.54, 1.807) is 31.2 Å². The zero-order valence-corrected chi connectivity index (χ0v) is 21.3. The van der Waals surface area contributed by atoms with Crippen LogP contribution in [0, 0.1) is 0 Å². The summed E-state index contributed by atoms with van der Waals surface area (Å²) in [6.45, 7) is 2.85. The van der Waals surface area contributed by atoms with Gasteiger partial charge in [-0.1, -0.05) is 24.3 Å². The van der Waals surface area contributed by atoms with Crippen molar-refractivity contribution < 1.29 is 47.6 Å². The molecule has 1 amide bonds. The van der Waals surface area contributed by atoms with E-state index in [1.807, 2.05) is 6.07 Å². The molecule has 0 heterocycles. The summed E-state index contributed by atoms with van der Waals surface area (Å²) in [5, 5.41) is 12.0. The summed E-state index contributed by atoms with van der Waals surface area (Å²) in [6.07, 6.45) is -0.158. The van der Waals surface area contributed by atoms with Gasteiger partial charge < -0.3 is 28.9 Å². The van der Waals surface area contributed by atoms with E-state index in [0.717, 1.165) is 6.92 Å². The normalized spacial score (nSPS) is 11.2. The third-order valence-corrected chi connectivity index (χ3v) is 5.99. The molecular weight excluding hydrogens is 505 g/mol. The SMILES string of the molecule is CCOC(=O)COP(CCNC(=O)CCC(=O)c1cccc(C(=O)O)c1OC(C)=O)Oc1ccccc1. The second kappa shape index (κ2) is 15.3. The van der Waals surface area contributed by atoms with Crippen molar-refractivity contribution in [3.63, 3.8) is 0 Å². The number of hydrogen-bond acceptors (Lipinski definition) is 9. The first kappa shape index (κ1) is 29.4. The minimum atomic E-state index is -1.58. The predicted molar refractivity (Wildman–Crippen MR) is 133 cm³/mol. The van der Waals surface area contributed by atoms with E-state index in [1.165, 1.54) is 18.2 Å². The molecule has 0 aliphatic rings. The fraction of sp³-hybridized carbons (Fsp3) is 0.320. The maximum atomic E-state index is 12.7. The Morgan fingerprint density at radius 3 is 2.30 bits per heavy atom. The molecule has 198 valence electrons. The van der Waals surface area contributed by atoms with Crippen molar-refractivity contribution in [2.45, 2.75) is 26.7 Å². The summed E-state index contributed by atoms with van der Waals surface area (Å²) in [5.74, 6) is -3.46. The van der Waals surface area contributed by atoms with Gasteiger partial charge in [-0.15, -0.1) is 0 Å². The number of carbonyl (C=O) groups excluding carboxylic acids is 4. The number of esters is 2. The van der Waals surface area contributed by atoms with Gasteiger partial charge in [-0.2, -0.15) is 0 Å². The Labute approximate surface area is 215 Å². The molecule has 1 unspecified atom stereocenters. The van der Waals surface area contributed by atoms with E-state index >= 15 is 0 Å². The van der Waals surface area contributed by atoms with E-state index in [9.17, 15) is 29.1 Å². The Bertz CT molecular complexity index is 1110. The molecule has 2 aromatic rings. The van der Waals surface area contributed by atoms with Crippen molar-refractivity contribution in [1.82, 2.24) is 5.32 Å². The van der Waals surface area contributed by atoms with Crippen molar-refractivity contribution in [1.29, 1.82) is 0 Å². The molecule has 37 heavy (non-hydrogen) atoms. The van der Waals surface area contributed by atoms with Crippen LogP contribution in [0.15, 0.2) is 48.5 Å². The molecule has 2 N–H and O–H groups in total. The first-order chi connectivity index (χ1) is 17.7.